The van der Waals surface area contributed by atoms with E-state index >= 15 is 0 Å². The number of benzene rings is 3. The first-order chi connectivity index (χ1) is 19.8. The van der Waals surface area contributed by atoms with Gasteiger partial charge >= 0.3 is 5.97 Å². The van der Waals surface area contributed by atoms with Crippen molar-refractivity contribution < 1.29 is 18.5 Å². The maximum atomic E-state index is 14.8. The van der Waals surface area contributed by atoms with Crippen LogP contribution in [0.3, 0.4) is 0 Å². The monoisotopic (exact) mass is 586 g/mol. The summed E-state index contributed by atoms with van der Waals surface area (Å²) >= 11 is 1.23. The summed E-state index contributed by atoms with van der Waals surface area (Å²) < 4.78 is 28.3. The molecule has 0 spiro atoms. The zero-order valence-corrected chi connectivity index (χ0v) is 23.8. The Labute approximate surface area is 243 Å². The summed E-state index contributed by atoms with van der Waals surface area (Å²) in [4.78, 5) is 15.9. The van der Waals surface area contributed by atoms with Crippen molar-refractivity contribution in [3.63, 3.8) is 0 Å². The predicted molar refractivity (Wildman–Crippen MR) is 158 cm³/mol. The van der Waals surface area contributed by atoms with Crippen LogP contribution in [0.15, 0.2) is 77.0 Å². The van der Waals surface area contributed by atoms with Crippen LogP contribution in [0.1, 0.15) is 45.7 Å². The highest BCUT2D eigenvalue weighted by Crippen LogP contribution is 2.39. The van der Waals surface area contributed by atoms with Gasteiger partial charge < -0.3 is 5.11 Å². The zero-order chi connectivity index (χ0) is 28.7. The Morgan fingerprint density at radius 2 is 1.85 bits per heavy atom. The topological polar surface area (TPSA) is 111 Å². The van der Waals surface area contributed by atoms with Gasteiger partial charge in [0.15, 0.2) is 5.69 Å². The highest BCUT2D eigenvalue weighted by molar-refractivity contribution is 7.82. The number of carbonyl (C=O) groups is 1. The van der Waals surface area contributed by atoms with Crippen molar-refractivity contribution in [3.05, 3.63) is 106 Å². The van der Waals surface area contributed by atoms with Crippen molar-refractivity contribution in [2.75, 3.05) is 0 Å². The summed E-state index contributed by atoms with van der Waals surface area (Å²) in [6, 6.07) is 21.0. The first-order valence-electron chi connectivity index (χ1n) is 13.2. The predicted octanol–water partition coefficient (Wildman–Crippen LogP) is 6.33. The summed E-state index contributed by atoms with van der Waals surface area (Å²) in [6.45, 7) is 2.05. The lowest BCUT2D eigenvalue weighted by Crippen LogP contribution is -2.07. The normalized spacial score (nSPS) is 13.8. The third-order valence-corrected chi connectivity index (χ3v) is 8.86. The molecule has 1 atom stereocenters. The van der Waals surface area contributed by atoms with Gasteiger partial charge in [-0.2, -0.15) is 5.10 Å². The van der Waals surface area contributed by atoms with Crippen molar-refractivity contribution >= 4 is 28.3 Å². The number of nitrogens with two attached hydrogens (primary N) is 1. The number of hydrogen-bond donors (Lipinski definition) is 2. The molecule has 3 aromatic carbocycles. The number of aromatic carboxylic acids is 1. The molecule has 41 heavy (non-hydrogen) atoms. The first kappa shape index (κ1) is 27.2. The van der Waals surface area contributed by atoms with E-state index in [9.17, 15) is 18.5 Å². The van der Waals surface area contributed by atoms with Gasteiger partial charge in [-0.3, -0.25) is 0 Å². The molecule has 1 fully saturated rings. The third-order valence-electron chi connectivity index (χ3n) is 7.28. The fourth-order valence-electron chi connectivity index (χ4n) is 4.94. The average molecular weight is 587 g/mol. The largest absolute Gasteiger partial charge is 0.476 e. The van der Waals surface area contributed by atoms with E-state index in [2.05, 4.69) is 48.3 Å². The highest BCUT2D eigenvalue weighted by atomic mass is 32.2. The maximum absolute atomic E-state index is 14.8. The van der Waals surface area contributed by atoms with Gasteiger partial charge in [-0.05, 0) is 67.0 Å². The van der Waals surface area contributed by atoms with Crippen LogP contribution in [0.25, 0.3) is 27.5 Å². The summed E-state index contributed by atoms with van der Waals surface area (Å²) in [7, 11) is -1.92. The van der Waals surface area contributed by atoms with Crippen molar-refractivity contribution in [1.29, 1.82) is 0 Å². The van der Waals surface area contributed by atoms with Crippen molar-refractivity contribution in [3.8, 4) is 27.5 Å². The molecule has 0 radical (unpaired) electrons. The lowest BCUT2D eigenvalue weighted by atomic mass is 9.95. The van der Waals surface area contributed by atoms with E-state index < -0.39 is 22.8 Å². The number of halogens is 1. The van der Waals surface area contributed by atoms with E-state index in [1.165, 1.54) is 34.4 Å². The van der Waals surface area contributed by atoms with Gasteiger partial charge in [-0.25, -0.2) is 28.2 Å². The van der Waals surface area contributed by atoms with Crippen LogP contribution in [-0.2, 0) is 23.8 Å². The number of nitrogens with zero attached hydrogens (tertiary/aromatic N) is 3. The molecule has 208 valence electrons. The Morgan fingerprint density at radius 3 is 2.51 bits per heavy atom. The molecule has 0 amide bonds. The molecule has 2 aromatic heterocycles. The van der Waals surface area contributed by atoms with Gasteiger partial charge in [0, 0.05) is 22.9 Å². The molecule has 0 saturated heterocycles. The van der Waals surface area contributed by atoms with Crippen LogP contribution >= 0.6 is 11.3 Å². The Balaban J connectivity index is 1.52. The minimum atomic E-state index is -1.92. The third kappa shape index (κ3) is 5.76. The number of carboxylic acid groups (broad SMARTS) is 1. The van der Waals surface area contributed by atoms with Crippen LogP contribution in [0.4, 0.5) is 4.39 Å². The molecule has 3 N–H and O–H groups in total. The van der Waals surface area contributed by atoms with Gasteiger partial charge in [-0.1, -0.05) is 54.1 Å². The van der Waals surface area contributed by atoms with Gasteiger partial charge in [0.05, 0.1) is 16.3 Å². The number of aryl methyl sites for hydroxylation is 1. The standard InChI is InChI=1S/C31H27FN4O3S2/c1-18-5-10-21(11-6-18)22-3-2-4-23(16-22)29-24(13-20-9-12-28(41(33)39)25(32)14-20)27(15-19-7-8-19)36(35-29)31-34-26(17-40-31)30(37)38/h2-6,9-12,14,16-17,19H,7-8,13,15,33H2,1H3,(H,37,38). The molecule has 6 rings (SSSR count). The molecular formula is C31H27FN4O3S2. The van der Waals surface area contributed by atoms with Crippen LogP contribution in [0.2, 0.25) is 0 Å². The Kier molecular flexibility index (Phi) is 7.37. The summed E-state index contributed by atoms with van der Waals surface area (Å²) in [5, 5.41) is 21.9. The van der Waals surface area contributed by atoms with Gasteiger partial charge in [0.2, 0.25) is 5.13 Å². The van der Waals surface area contributed by atoms with Crippen molar-refractivity contribution in [1.82, 2.24) is 14.8 Å². The quantitative estimate of drug-likeness (QED) is 0.210. The second-order valence-electron chi connectivity index (χ2n) is 10.3. The van der Waals surface area contributed by atoms with E-state index in [4.69, 9.17) is 10.2 Å². The minimum Gasteiger partial charge on any atom is -0.476 e. The van der Waals surface area contributed by atoms with E-state index in [0.717, 1.165) is 52.9 Å². The summed E-state index contributed by atoms with van der Waals surface area (Å²) in [5.41, 5.74) is 7.43. The van der Waals surface area contributed by atoms with E-state index in [0.29, 0.717) is 23.0 Å². The highest BCUT2D eigenvalue weighted by Gasteiger charge is 2.29. The number of hydrogen-bond acceptors (Lipinski definition) is 5. The molecule has 1 saturated carbocycles. The molecule has 10 heteroatoms. The van der Waals surface area contributed by atoms with Crippen LogP contribution in [0, 0.1) is 18.7 Å². The van der Waals surface area contributed by atoms with Crippen LogP contribution in [0.5, 0.6) is 0 Å². The smallest absolute Gasteiger partial charge is 0.355 e. The molecule has 1 aliphatic rings. The summed E-state index contributed by atoms with van der Waals surface area (Å²) in [5.74, 6) is -1.22. The fraction of sp³-hybridized carbons (Fsp3) is 0.194. The lowest BCUT2D eigenvalue weighted by Gasteiger charge is -2.10. The summed E-state index contributed by atoms with van der Waals surface area (Å²) in [6.07, 6.45) is 3.33. The van der Waals surface area contributed by atoms with Crippen LogP contribution in [-0.4, -0.2) is 30.0 Å². The van der Waals surface area contributed by atoms with Crippen molar-refractivity contribution in [2.45, 2.75) is 37.5 Å². The van der Waals surface area contributed by atoms with Crippen LogP contribution < -0.4 is 5.14 Å². The Morgan fingerprint density at radius 1 is 1.10 bits per heavy atom. The van der Waals surface area contributed by atoms with Gasteiger partial charge in [0.1, 0.15) is 16.8 Å². The van der Waals surface area contributed by atoms with Gasteiger partial charge in [0.25, 0.3) is 0 Å². The molecule has 7 nitrogen and oxygen atoms in total. The van der Waals surface area contributed by atoms with Crippen molar-refractivity contribution in [2.24, 2.45) is 11.1 Å². The van der Waals surface area contributed by atoms with Gasteiger partial charge in [-0.15, -0.1) is 11.3 Å². The molecule has 0 bridgehead atoms. The average Bonchev–Trinajstić information content (AvgIpc) is 3.51. The molecular weight excluding hydrogens is 559 g/mol. The number of thiazole rings is 1. The Hall–Kier alpha value is -3.99. The molecule has 5 aromatic rings. The molecule has 2 heterocycles. The lowest BCUT2D eigenvalue weighted by molar-refractivity contribution is 0.0691. The first-order valence-corrected chi connectivity index (χ1v) is 15.3. The minimum absolute atomic E-state index is 0.0326. The molecule has 1 aliphatic carbocycles. The second-order valence-corrected chi connectivity index (χ2v) is 12.2. The second kappa shape index (κ2) is 11.1. The molecule has 0 aliphatic heterocycles. The van der Waals surface area contributed by atoms with E-state index in [1.54, 1.807) is 10.7 Å². The number of carboxylic acids is 1. The SMILES string of the molecule is Cc1ccc(-c2cccc(-c3nn(-c4nc(C(=O)O)cs4)c(CC4CC4)c3Cc3ccc(S(N)=O)c(F)c3)c2)cc1. The molecule has 1 unspecified atom stereocenters. The Bertz CT molecular complexity index is 1790. The maximum Gasteiger partial charge on any atom is 0.355 e. The number of aromatic nitrogens is 3. The number of rotatable bonds is 9. The fourth-order valence-corrected chi connectivity index (χ4v) is 6.17. The van der Waals surface area contributed by atoms with E-state index in [-0.39, 0.29) is 10.6 Å². The zero-order valence-electron chi connectivity index (χ0n) is 22.2. The van der Waals surface area contributed by atoms with E-state index in [1.807, 2.05) is 12.1 Å².